The van der Waals surface area contributed by atoms with Crippen LogP contribution < -0.4 is 16.0 Å². The van der Waals surface area contributed by atoms with Crippen LogP contribution >= 0.6 is 0 Å². The highest BCUT2D eigenvalue weighted by molar-refractivity contribution is 5.61. The van der Waals surface area contributed by atoms with E-state index in [-0.39, 0.29) is 0 Å². The van der Waals surface area contributed by atoms with Crippen LogP contribution in [0.25, 0.3) is 11.4 Å². The third kappa shape index (κ3) is 4.68. The van der Waals surface area contributed by atoms with Gasteiger partial charge >= 0.3 is 0 Å². The first kappa shape index (κ1) is 19.3. The van der Waals surface area contributed by atoms with Gasteiger partial charge in [-0.3, -0.25) is 0 Å². The summed E-state index contributed by atoms with van der Waals surface area (Å²) >= 11 is 0. The predicted octanol–water partition coefficient (Wildman–Crippen LogP) is 3.69. The molecule has 0 atom stereocenters. The molecule has 1 saturated carbocycles. The Morgan fingerprint density at radius 3 is 2.48 bits per heavy atom. The topological polar surface area (TPSA) is 92.9 Å². The molecule has 1 aliphatic carbocycles. The monoisotopic (exact) mass is 389 g/mol. The van der Waals surface area contributed by atoms with Crippen LogP contribution in [0.2, 0.25) is 0 Å². The van der Waals surface area contributed by atoms with Crippen molar-refractivity contribution in [3.8, 4) is 11.4 Å². The lowest BCUT2D eigenvalue weighted by Crippen LogP contribution is -2.33. The van der Waals surface area contributed by atoms with E-state index in [1.54, 1.807) is 6.20 Å². The number of nitrogens with zero attached hydrogens (tertiary/aromatic N) is 5. The molecule has 4 rings (SSSR count). The molecular weight excluding hydrogens is 362 g/mol. The van der Waals surface area contributed by atoms with Crippen LogP contribution in [0.4, 0.5) is 17.6 Å². The summed E-state index contributed by atoms with van der Waals surface area (Å²) in [7, 11) is 1.96. The largest absolute Gasteiger partial charge is 0.351 e. The fourth-order valence-corrected chi connectivity index (χ4v) is 3.61. The maximum Gasteiger partial charge on any atom is 0.225 e. The van der Waals surface area contributed by atoms with Crippen LogP contribution in [0.1, 0.15) is 31.4 Å². The zero-order chi connectivity index (χ0) is 20.2. The highest BCUT2D eigenvalue weighted by Gasteiger charge is 2.20. The van der Waals surface area contributed by atoms with Crippen LogP contribution in [0.15, 0.2) is 48.7 Å². The number of hydrogen-bond acceptors (Lipinski definition) is 7. The smallest absolute Gasteiger partial charge is 0.225 e. The summed E-state index contributed by atoms with van der Waals surface area (Å²) in [5, 5.41) is 3.49. The van der Waals surface area contributed by atoms with Crippen molar-refractivity contribution in [2.75, 3.05) is 17.3 Å². The van der Waals surface area contributed by atoms with Crippen molar-refractivity contribution >= 4 is 17.6 Å². The molecule has 1 fully saturated rings. The third-order valence-corrected chi connectivity index (χ3v) is 5.31. The van der Waals surface area contributed by atoms with Crippen molar-refractivity contribution in [1.82, 2.24) is 19.9 Å². The summed E-state index contributed by atoms with van der Waals surface area (Å²) in [6.07, 6.45) is 5.96. The summed E-state index contributed by atoms with van der Waals surface area (Å²) in [5.41, 5.74) is 7.92. The van der Waals surface area contributed by atoms with Crippen molar-refractivity contribution in [1.29, 1.82) is 0 Å². The van der Waals surface area contributed by atoms with Gasteiger partial charge < -0.3 is 16.0 Å². The summed E-state index contributed by atoms with van der Waals surface area (Å²) in [5.74, 6) is 2.93. The molecule has 150 valence electrons. The molecule has 0 radical (unpaired) electrons. The molecule has 0 spiro atoms. The second-order valence-corrected chi connectivity index (χ2v) is 7.61. The Hall–Kier alpha value is -3.06. The number of aryl methyl sites for hydroxylation is 1. The van der Waals surface area contributed by atoms with Gasteiger partial charge in [-0.2, -0.15) is 4.98 Å². The number of anilines is 3. The molecule has 0 amide bonds. The van der Waals surface area contributed by atoms with Crippen molar-refractivity contribution in [2.24, 2.45) is 5.73 Å². The predicted molar refractivity (Wildman–Crippen MR) is 116 cm³/mol. The Bertz CT molecular complexity index is 952. The first-order chi connectivity index (χ1) is 14.1. The molecule has 0 bridgehead atoms. The zero-order valence-electron chi connectivity index (χ0n) is 16.9. The van der Waals surface area contributed by atoms with Gasteiger partial charge in [0.25, 0.3) is 0 Å². The van der Waals surface area contributed by atoms with E-state index in [0.29, 0.717) is 23.9 Å². The van der Waals surface area contributed by atoms with Gasteiger partial charge in [0.05, 0.1) is 0 Å². The second-order valence-electron chi connectivity index (χ2n) is 7.61. The van der Waals surface area contributed by atoms with Crippen molar-refractivity contribution < 1.29 is 0 Å². The summed E-state index contributed by atoms with van der Waals surface area (Å²) < 4.78 is 0. The van der Waals surface area contributed by atoms with Crippen LogP contribution in [0, 0.1) is 6.92 Å². The number of nitrogens with one attached hydrogen (secondary N) is 1. The molecule has 2 heterocycles. The van der Waals surface area contributed by atoms with E-state index < -0.39 is 0 Å². The average Bonchev–Trinajstić information content (AvgIpc) is 2.75. The first-order valence-corrected chi connectivity index (χ1v) is 10.1. The summed E-state index contributed by atoms with van der Waals surface area (Å²) in [6, 6.07) is 14.5. The molecule has 0 aliphatic heterocycles. The Balaban J connectivity index is 1.56. The van der Waals surface area contributed by atoms with E-state index in [1.807, 2.05) is 61.3 Å². The van der Waals surface area contributed by atoms with Gasteiger partial charge in [-0.05, 0) is 38.7 Å². The fraction of sp³-hybridized carbons (Fsp3) is 0.364. The number of benzene rings is 1. The fourth-order valence-electron chi connectivity index (χ4n) is 3.61. The van der Waals surface area contributed by atoms with E-state index in [1.165, 1.54) is 0 Å². The number of aromatic nitrogens is 4. The SMILES string of the molecule is Cc1cc(N(C)c2ccnc(-c3ccccc3)n2)nc(NC2CCC(N)CC2)n1. The second kappa shape index (κ2) is 8.53. The van der Waals surface area contributed by atoms with Gasteiger partial charge in [-0.15, -0.1) is 0 Å². The molecular formula is C22H27N7. The van der Waals surface area contributed by atoms with Gasteiger partial charge in [-0.25, -0.2) is 15.0 Å². The molecule has 1 aliphatic rings. The minimum Gasteiger partial charge on any atom is -0.351 e. The van der Waals surface area contributed by atoms with Crippen LogP contribution in [-0.4, -0.2) is 39.1 Å². The highest BCUT2D eigenvalue weighted by atomic mass is 15.3. The van der Waals surface area contributed by atoms with E-state index in [0.717, 1.165) is 48.6 Å². The minimum absolute atomic E-state index is 0.324. The Morgan fingerprint density at radius 1 is 0.966 bits per heavy atom. The lowest BCUT2D eigenvalue weighted by atomic mass is 9.92. The molecule has 2 aromatic heterocycles. The van der Waals surface area contributed by atoms with Gasteiger partial charge in [0, 0.05) is 42.7 Å². The molecule has 7 nitrogen and oxygen atoms in total. The standard InChI is InChI=1S/C22H27N7/c1-15-14-20(28-22(25-15)26-18-10-8-17(23)9-11-18)29(2)19-12-13-24-21(27-19)16-6-4-3-5-7-16/h3-7,12-14,17-18H,8-11,23H2,1-2H3,(H,25,26,28). The number of hydrogen-bond donors (Lipinski definition) is 2. The van der Waals surface area contributed by atoms with Crippen molar-refractivity contribution in [3.05, 3.63) is 54.4 Å². The molecule has 0 unspecified atom stereocenters. The Kier molecular flexibility index (Phi) is 5.67. The maximum atomic E-state index is 6.02. The molecule has 7 heteroatoms. The van der Waals surface area contributed by atoms with Gasteiger partial charge in [-0.1, -0.05) is 30.3 Å². The van der Waals surface area contributed by atoms with Crippen molar-refractivity contribution in [2.45, 2.75) is 44.7 Å². The van der Waals surface area contributed by atoms with Gasteiger partial charge in [0.1, 0.15) is 11.6 Å². The average molecular weight is 390 g/mol. The molecule has 29 heavy (non-hydrogen) atoms. The lowest BCUT2D eigenvalue weighted by Gasteiger charge is -2.27. The van der Waals surface area contributed by atoms with Crippen LogP contribution in [-0.2, 0) is 0 Å². The zero-order valence-corrected chi connectivity index (χ0v) is 16.9. The van der Waals surface area contributed by atoms with E-state index in [9.17, 15) is 0 Å². The quantitative estimate of drug-likeness (QED) is 0.687. The van der Waals surface area contributed by atoms with Crippen LogP contribution in [0.3, 0.4) is 0 Å². The molecule has 1 aromatic carbocycles. The van der Waals surface area contributed by atoms with Gasteiger partial charge in [0.15, 0.2) is 5.82 Å². The third-order valence-electron chi connectivity index (χ3n) is 5.31. The summed E-state index contributed by atoms with van der Waals surface area (Å²) in [4.78, 5) is 20.4. The van der Waals surface area contributed by atoms with E-state index in [2.05, 4.69) is 15.3 Å². The summed E-state index contributed by atoms with van der Waals surface area (Å²) in [6.45, 7) is 1.98. The van der Waals surface area contributed by atoms with E-state index in [4.69, 9.17) is 15.7 Å². The minimum atomic E-state index is 0.324. The maximum absolute atomic E-state index is 6.02. The Morgan fingerprint density at radius 2 is 1.72 bits per heavy atom. The normalized spacial score (nSPS) is 19.0. The van der Waals surface area contributed by atoms with Crippen LogP contribution in [0.5, 0.6) is 0 Å². The molecule has 3 aromatic rings. The Labute approximate surface area is 171 Å². The van der Waals surface area contributed by atoms with Crippen molar-refractivity contribution in [3.63, 3.8) is 0 Å². The first-order valence-electron chi connectivity index (χ1n) is 10.1. The van der Waals surface area contributed by atoms with Gasteiger partial charge in [0.2, 0.25) is 5.95 Å². The molecule has 0 saturated heterocycles. The highest BCUT2D eigenvalue weighted by Crippen LogP contribution is 2.25. The number of rotatable bonds is 5. The van der Waals surface area contributed by atoms with E-state index >= 15 is 0 Å². The molecule has 3 N–H and O–H groups in total. The lowest BCUT2D eigenvalue weighted by molar-refractivity contribution is 0.410. The number of nitrogens with two attached hydrogens (primary N) is 1.